The maximum Gasteiger partial charge on any atom is 0.150 e. The quantitative estimate of drug-likeness (QED) is 0.734. The highest BCUT2D eigenvalue weighted by atomic mass is 32.2. The molecule has 0 aromatic heterocycles. The second-order valence-electron chi connectivity index (χ2n) is 6.69. The molecule has 0 aromatic rings. The van der Waals surface area contributed by atoms with Gasteiger partial charge in [0.1, 0.15) is 0 Å². The predicted octanol–water partition coefficient (Wildman–Crippen LogP) is 2.57. The Morgan fingerprint density at radius 2 is 2.05 bits per heavy atom. The van der Waals surface area contributed by atoms with Crippen molar-refractivity contribution in [1.82, 2.24) is 5.32 Å². The van der Waals surface area contributed by atoms with Gasteiger partial charge in [-0.1, -0.05) is 0 Å². The van der Waals surface area contributed by atoms with E-state index in [0.29, 0.717) is 23.3 Å². The van der Waals surface area contributed by atoms with Crippen molar-refractivity contribution in [2.24, 2.45) is 11.8 Å². The highest BCUT2D eigenvalue weighted by molar-refractivity contribution is 7.98. The van der Waals surface area contributed by atoms with Crippen molar-refractivity contribution in [3.63, 3.8) is 0 Å². The van der Waals surface area contributed by atoms with Gasteiger partial charge in [-0.25, -0.2) is 8.42 Å². The van der Waals surface area contributed by atoms with Gasteiger partial charge >= 0.3 is 0 Å². The Labute approximate surface area is 123 Å². The SMILES string of the molecule is CSCCCC(CNC(C)(C)C)C1CCS(=O)(=O)C1. The Morgan fingerprint density at radius 1 is 1.37 bits per heavy atom. The summed E-state index contributed by atoms with van der Waals surface area (Å²) in [6, 6.07) is 0. The Balaban J connectivity index is 2.54. The molecule has 1 aliphatic rings. The van der Waals surface area contributed by atoms with E-state index >= 15 is 0 Å². The molecule has 1 saturated heterocycles. The van der Waals surface area contributed by atoms with E-state index in [1.807, 2.05) is 11.8 Å². The molecule has 114 valence electrons. The summed E-state index contributed by atoms with van der Waals surface area (Å²) in [7, 11) is -2.76. The number of nitrogens with one attached hydrogen (secondary N) is 1. The minimum absolute atomic E-state index is 0.106. The number of hydrogen-bond acceptors (Lipinski definition) is 4. The van der Waals surface area contributed by atoms with Crippen molar-refractivity contribution in [1.29, 1.82) is 0 Å². The minimum atomic E-state index is -2.76. The van der Waals surface area contributed by atoms with E-state index in [-0.39, 0.29) is 5.54 Å². The molecule has 3 nitrogen and oxygen atoms in total. The molecule has 0 radical (unpaired) electrons. The van der Waals surface area contributed by atoms with Gasteiger partial charge in [0.05, 0.1) is 11.5 Å². The first-order valence-corrected chi connectivity index (χ1v) is 10.4. The van der Waals surface area contributed by atoms with Crippen LogP contribution in [0.1, 0.15) is 40.0 Å². The lowest BCUT2D eigenvalue weighted by Gasteiger charge is -2.28. The molecule has 19 heavy (non-hydrogen) atoms. The molecule has 1 N–H and O–H groups in total. The number of rotatable bonds is 7. The molecule has 1 heterocycles. The molecule has 1 aliphatic heterocycles. The summed E-state index contributed by atoms with van der Waals surface area (Å²) in [5.74, 6) is 2.84. The van der Waals surface area contributed by atoms with E-state index in [2.05, 4.69) is 32.3 Å². The third-order valence-electron chi connectivity index (χ3n) is 3.75. The zero-order valence-electron chi connectivity index (χ0n) is 12.7. The van der Waals surface area contributed by atoms with Gasteiger partial charge in [-0.3, -0.25) is 0 Å². The highest BCUT2D eigenvalue weighted by Gasteiger charge is 2.33. The second-order valence-corrected chi connectivity index (χ2v) is 9.90. The van der Waals surface area contributed by atoms with Gasteiger partial charge in [0.15, 0.2) is 9.84 Å². The lowest BCUT2D eigenvalue weighted by atomic mass is 9.87. The van der Waals surface area contributed by atoms with Crippen LogP contribution in [0.3, 0.4) is 0 Å². The molecule has 2 atom stereocenters. The molecule has 0 aliphatic carbocycles. The molecule has 5 heteroatoms. The van der Waals surface area contributed by atoms with Gasteiger partial charge in [-0.05, 0) is 70.4 Å². The summed E-state index contributed by atoms with van der Waals surface area (Å²) in [4.78, 5) is 0. The third kappa shape index (κ3) is 7.00. The first-order valence-electron chi connectivity index (χ1n) is 7.18. The minimum Gasteiger partial charge on any atom is -0.312 e. The van der Waals surface area contributed by atoms with Crippen molar-refractivity contribution >= 4 is 21.6 Å². The average Bonchev–Trinajstić information content (AvgIpc) is 2.62. The van der Waals surface area contributed by atoms with Gasteiger partial charge in [-0.2, -0.15) is 11.8 Å². The van der Waals surface area contributed by atoms with E-state index < -0.39 is 9.84 Å². The molecule has 0 bridgehead atoms. The normalized spacial score (nSPS) is 24.5. The van der Waals surface area contributed by atoms with Gasteiger partial charge in [0.25, 0.3) is 0 Å². The fourth-order valence-corrected chi connectivity index (χ4v) is 5.00. The molecule has 0 amide bonds. The summed E-state index contributed by atoms with van der Waals surface area (Å²) in [6.07, 6.45) is 5.32. The van der Waals surface area contributed by atoms with Crippen LogP contribution in [0.4, 0.5) is 0 Å². The van der Waals surface area contributed by atoms with Crippen LogP contribution in [0.25, 0.3) is 0 Å². The Kier molecular flexibility index (Phi) is 6.67. The fourth-order valence-electron chi connectivity index (χ4n) is 2.63. The summed E-state index contributed by atoms with van der Waals surface area (Å²) in [6.45, 7) is 7.43. The van der Waals surface area contributed by atoms with Crippen LogP contribution in [0.15, 0.2) is 0 Å². The predicted molar refractivity (Wildman–Crippen MR) is 85.6 cm³/mol. The van der Waals surface area contributed by atoms with E-state index in [1.165, 1.54) is 12.2 Å². The van der Waals surface area contributed by atoms with Crippen LogP contribution in [0, 0.1) is 11.8 Å². The van der Waals surface area contributed by atoms with E-state index in [0.717, 1.165) is 19.4 Å². The number of hydrogen-bond donors (Lipinski definition) is 1. The number of thioether (sulfide) groups is 1. The number of sulfone groups is 1. The second kappa shape index (κ2) is 7.32. The molecular formula is C14H29NO2S2. The van der Waals surface area contributed by atoms with Gasteiger partial charge < -0.3 is 5.32 Å². The van der Waals surface area contributed by atoms with Crippen LogP contribution in [0.2, 0.25) is 0 Å². The molecule has 1 rings (SSSR count). The standard InChI is InChI=1S/C14H29NO2S2/c1-14(2,3)15-10-12(6-5-8-18-4)13-7-9-19(16,17)11-13/h12-13,15H,5-11H2,1-4H3. The summed E-state index contributed by atoms with van der Waals surface area (Å²) in [5, 5.41) is 3.55. The van der Waals surface area contributed by atoms with Crippen LogP contribution >= 0.6 is 11.8 Å². The highest BCUT2D eigenvalue weighted by Crippen LogP contribution is 2.29. The average molecular weight is 308 g/mol. The van der Waals surface area contributed by atoms with E-state index in [1.54, 1.807) is 0 Å². The Morgan fingerprint density at radius 3 is 2.53 bits per heavy atom. The zero-order chi connectivity index (χ0) is 14.5. The van der Waals surface area contributed by atoms with Crippen LogP contribution in [-0.2, 0) is 9.84 Å². The lowest BCUT2D eigenvalue weighted by Crippen LogP contribution is -2.41. The van der Waals surface area contributed by atoms with Gasteiger partial charge in [0, 0.05) is 5.54 Å². The van der Waals surface area contributed by atoms with Crippen molar-refractivity contribution in [2.45, 2.75) is 45.6 Å². The first-order chi connectivity index (χ1) is 8.73. The third-order valence-corrected chi connectivity index (χ3v) is 6.24. The first kappa shape index (κ1) is 17.3. The Bertz CT molecular complexity index is 360. The zero-order valence-corrected chi connectivity index (χ0v) is 14.4. The van der Waals surface area contributed by atoms with Gasteiger partial charge in [0.2, 0.25) is 0 Å². The monoisotopic (exact) mass is 307 g/mol. The molecule has 2 unspecified atom stereocenters. The topological polar surface area (TPSA) is 46.2 Å². The molecular weight excluding hydrogens is 278 g/mol. The molecule has 0 aromatic carbocycles. The molecule has 1 fully saturated rings. The van der Waals surface area contributed by atoms with Crippen molar-refractivity contribution in [2.75, 3.05) is 30.1 Å². The van der Waals surface area contributed by atoms with Crippen LogP contribution in [0.5, 0.6) is 0 Å². The summed E-state index contributed by atoms with van der Waals surface area (Å²) < 4.78 is 23.3. The van der Waals surface area contributed by atoms with Crippen molar-refractivity contribution in [3.05, 3.63) is 0 Å². The van der Waals surface area contributed by atoms with Crippen LogP contribution < -0.4 is 5.32 Å². The largest absolute Gasteiger partial charge is 0.312 e. The van der Waals surface area contributed by atoms with Crippen molar-refractivity contribution in [3.8, 4) is 0 Å². The lowest BCUT2D eigenvalue weighted by molar-refractivity contribution is 0.288. The summed E-state index contributed by atoms with van der Waals surface area (Å²) in [5.41, 5.74) is 0.106. The van der Waals surface area contributed by atoms with Crippen molar-refractivity contribution < 1.29 is 8.42 Å². The maximum atomic E-state index is 11.7. The molecule has 0 spiro atoms. The fraction of sp³-hybridized carbons (Fsp3) is 1.00. The molecule has 0 saturated carbocycles. The summed E-state index contributed by atoms with van der Waals surface area (Å²) >= 11 is 1.87. The smallest absolute Gasteiger partial charge is 0.150 e. The van der Waals surface area contributed by atoms with E-state index in [9.17, 15) is 8.42 Å². The van der Waals surface area contributed by atoms with E-state index in [4.69, 9.17) is 0 Å². The maximum absolute atomic E-state index is 11.7. The van der Waals surface area contributed by atoms with Gasteiger partial charge in [-0.15, -0.1) is 0 Å². The Hall–Kier alpha value is 0.260. The van der Waals surface area contributed by atoms with Crippen LogP contribution in [-0.4, -0.2) is 44.0 Å².